The molecule has 0 radical (unpaired) electrons. The maximum Gasteiger partial charge on any atom is 0.393 e. The van der Waals surface area contributed by atoms with Crippen LogP contribution in [-0.2, 0) is 6.42 Å². The Balaban J connectivity index is 1.55. The number of para-hydroxylation sites is 1. The number of hydrogen-bond donors (Lipinski definition) is 1. The molecule has 1 fully saturated rings. The van der Waals surface area contributed by atoms with Crippen molar-refractivity contribution in [2.75, 3.05) is 6.54 Å². The quantitative estimate of drug-likeness (QED) is 0.919. The van der Waals surface area contributed by atoms with Crippen LogP contribution in [0.15, 0.2) is 24.3 Å². The van der Waals surface area contributed by atoms with Gasteiger partial charge in [-0.15, -0.1) is 0 Å². The number of benzene rings is 1. The van der Waals surface area contributed by atoms with Gasteiger partial charge in [-0.05, 0) is 24.5 Å². The van der Waals surface area contributed by atoms with Gasteiger partial charge in [-0.3, -0.25) is 0 Å². The summed E-state index contributed by atoms with van der Waals surface area (Å²) in [5.41, 5.74) is 1.14. The zero-order chi connectivity index (χ0) is 14.9. The van der Waals surface area contributed by atoms with E-state index in [1.807, 2.05) is 24.3 Å². The standard InChI is InChI=1S/C16H20F3NO/c17-16(18,19)13-6-2-3-7-14(13)20-10-12-9-11-5-1-4-8-15(11)21-12/h1,4-5,8,12-14,20H,2-3,6-7,9-10H2. The molecule has 21 heavy (non-hydrogen) atoms. The smallest absolute Gasteiger partial charge is 0.393 e. The SMILES string of the molecule is FC(F)(F)C1CCCCC1NCC1Cc2ccccc2O1. The minimum Gasteiger partial charge on any atom is -0.488 e. The van der Waals surface area contributed by atoms with E-state index < -0.39 is 18.1 Å². The molecule has 1 aliphatic heterocycles. The molecule has 0 amide bonds. The van der Waals surface area contributed by atoms with Crippen molar-refractivity contribution in [1.29, 1.82) is 0 Å². The van der Waals surface area contributed by atoms with Crippen LogP contribution in [-0.4, -0.2) is 24.9 Å². The number of nitrogens with one attached hydrogen (secondary N) is 1. The summed E-state index contributed by atoms with van der Waals surface area (Å²) in [5, 5.41) is 3.11. The van der Waals surface area contributed by atoms with Crippen molar-refractivity contribution in [1.82, 2.24) is 5.32 Å². The molecular formula is C16H20F3NO. The van der Waals surface area contributed by atoms with E-state index in [1.165, 1.54) is 0 Å². The third kappa shape index (κ3) is 3.34. The summed E-state index contributed by atoms with van der Waals surface area (Å²) >= 11 is 0. The zero-order valence-electron chi connectivity index (χ0n) is 11.8. The molecule has 1 aromatic rings. The summed E-state index contributed by atoms with van der Waals surface area (Å²) < 4.78 is 44.9. The van der Waals surface area contributed by atoms with E-state index in [4.69, 9.17) is 4.74 Å². The van der Waals surface area contributed by atoms with Crippen molar-refractivity contribution in [3.05, 3.63) is 29.8 Å². The van der Waals surface area contributed by atoms with Gasteiger partial charge < -0.3 is 10.1 Å². The summed E-state index contributed by atoms with van der Waals surface area (Å²) in [6.45, 7) is 0.478. The topological polar surface area (TPSA) is 21.3 Å². The predicted octanol–water partition coefficient (Wildman–Crippen LogP) is 3.70. The average molecular weight is 299 g/mol. The Morgan fingerprint density at radius 3 is 2.67 bits per heavy atom. The molecule has 1 saturated carbocycles. The lowest BCUT2D eigenvalue weighted by molar-refractivity contribution is -0.189. The minimum absolute atomic E-state index is 0.0572. The normalized spacial score (nSPS) is 29.0. The van der Waals surface area contributed by atoms with Gasteiger partial charge in [-0.2, -0.15) is 13.2 Å². The van der Waals surface area contributed by atoms with Gasteiger partial charge >= 0.3 is 6.18 Å². The molecule has 1 heterocycles. The van der Waals surface area contributed by atoms with Gasteiger partial charge in [0.05, 0.1) is 5.92 Å². The largest absolute Gasteiger partial charge is 0.488 e. The molecule has 5 heteroatoms. The van der Waals surface area contributed by atoms with E-state index in [2.05, 4.69) is 5.32 Å². The molecule has 0 aromatic heterocycles. The van der Waals surface area contributed by atoms with Gasteiger partial charge in [0.1, 0.15) is 11.9 Å². The highest BCUT2D eigenvalue weighted by molar-refractivity contribution is 5.37. The van der Waals surface area contributed by atoms with Crippen molar-refractivity contribution in [2.24, 2.45) is 5.92 Å². The molecule has 3 atom stereocenters. The lowest BCUT2D eigenvalue weighted by Crippen LogP contribution is -2.48. The van der Waals surface area contributed by atoms with Gasteiger partial charge in [0.15, 0.2) is 0 Å². The van der Waals surface area contributed by atoms with Crippen LogP contribution < -0.4 is 10.1 Å². The Kier molecular flexibility index (Phi) is 4.11. The third-order valence-corrected chi connectivity index (χ3v) is 4.51. The molecule has 0 spiro atoms. The molecule has 2 nitrogen and oxygen atoms in total. The molecule has 116 valence electrons. The number of halogens is 3. The molecule has 1 N–H and O–H groups in total. The lowest BCUT2D eigenvalue weighted by Gasteiger charge is -2.34. The van der Waals surface area contributed by atoms with Crippen molar-refractivity contribution < 1.29 is 17.9 Å². The van der Waals surface area contributed by atoms with Gasteiger partial charge in [-0.25, -0.2) is 0 Å². The van der Waals surface area contributed by atoms with Crippen molar-refractivity contribution in [3.63, 3.8) is 0 Å². The maximum atomic E-state index is 13.0. The van der Waals surface area contributed by atoms with Gasteiger partial charge in [0, 0.05) is 19.0 Å². The molecule has 3 unspecified atom stereocenters. The summed E-state index contributed by atoms with van der Waals surface area (Å²) in [6.07, 6.45) is -0.997. The zero-order valence-corrected chi connectivity index (χ0v) is 11.8. The second-order valence-corrected chi connectivity index (χ2v) is 6.00. The first-order valence-electron chi connectivity index (χ1n) is 7.58. The van der Waals surface area contributed by atoms with Crippen LogP contribution in [0.1, 0.15) is 31.2 Å². The highest BCUT2D eigenvalue weighted by Gasteiger charge is 2.45. The maximum absolute atomic E-state index is 13.0. The second-order valence-electron chi connectivity index (χ2n) is 6.00. The van der Waals surface area contributed by atoms with E-state index in [-0.39, 0.29) is 12.5 Å². The Labute approximate surface area is 122 Å². The number of hydrogen-bond acceptors (Lipinski definition) is 2. The van der Waals surface area contributed by atoms with Crippen molar-refractivity contribution >= 4 is 0 Å². The molecule has 3 rings (SSSR count). The number of fused-ring (bicyclic) bond motifs is 1. The van der Waals surface area contributed by atoms with Gasteiger partial charge in [-0.1, -0.05) is 31.0 Å². The summed E-state index contributed by atoms with van der Waals surface area (Å²) in [4.78, 5) is 0. The van der Waals surface area contributed by atoms with E-state index in [1.54, 1.807) is 0 Å². The average Bonchev–Trinajstić information content (AvgIpc) is 2.87. The Hall–Kier alpha value is -1.23. The van der Waals surface area contributed by atoms with Crippen LogP contribution in [0.5, 0.6) is 5.75 Å². The van der Waals surface area contributed by atoms with E-state index in [9.17, 15) is 13.2 Å². The molecule has 1 aliphatic carbocycles. The van der Waals surface area contributed by atoms with Crippen LogP contribution in [0.25, 0.3) is 0 Å². The number of ether oxygens (including phenoxy) is 1. The fraction of sp³-hybridized carbons (Fsp3) is 0.625. The van der Waals surface area contributed by atoms with Crippen LogP contribution in [0, 0.1) is 5.92 Å². The Morgan fingerprint density at radius 2 is 1.90 bits per heavy atom. The fourth-order valence-corrected chi connectivity index (χ4v) is 3.42. The van der Waals surface area contributed by atoms with Crippen LogP contribution in [0.3, 0.4) is 0 Å². The highest BCUT2D eigenvalue weighted by Crippen LogP contribution is 2.38. The van der Waals surface area contributed by atoms with Crippen molar-refractivity contribution in [3.8, 4) is 5.75 Å². The Morgan fingerprint density at radius 1 is 1.14 bits per heavy atom. The van der Waals surface area contributed by atoms with Crippen molar-refractivity contribution in [2.45, 2.75) is 50.4 Å². The molecule has 1 aromatic carbocycles. The monoisotopic (exact) mass is 299 g/mol. The molecule has 2 aliphatic rings. The third-order valence-electron chi connectivity index (χ3n) is 4.51. The van der Waals surface area contributed by atoms with Crippen LogP contribution in [0.2, 0.25) is 0 Å². The van der Waals surface area contributed by atoms with E-state index >= 15 is 0 Å². The summed E-state index contributed by atoms with van der Waals surface area (Å²) in [5.74, 6) is -0.352. The summed E-state index contributed by atoms with van der Waals surface area (Å²) in [7, 11) is 0. The first-order valence-corrected chi connectivity index (χ1v) is 7.58. The fourth-order valence-electron chi connectivity index (χ4n) is 3.42. The molecule has 0 saturated heterocycles. The molecule has 0 bridgehead atoms. The Bertz CT molecular complexity index is 464. The number of alkyl halides is 3. The van der Waals surface area contributed by atoms with Crippen LogP contribution >= 0.6 is 0 Å². The second kappa shape index (κ2) is 5.87. The van der Waals surface area contributed by atoms with Gasteiger partial charge in [0.2, 0.25) is 0 Å². The molecular weight excluding hydrogens is 279 g/mol. The first kappa shape index (κ1) is 14.7. The summed E-state index contributed by atoms with van der Waals surface area (Å²) in [6, 6.07) is 7.32. The number of rotatable bonds is 3. The van der Waals surface area contributed by atoms with E-state index in [0.29, 0.717) is 19.4 Å². The van der Waals surface area contributed by atoms with E-state index in [0.717, 1.165) is 24.2 Å². The predicted molar refractivity (Wildman–Crippen MR) is 74.4 cm³/mol. The first-order chi connectivity index (χ1) is 10.0. The lowest BCUT2D eigenvalue weighted by atomic mass is 9.84. The van der Waals surface area contributed by atoms with Crippen LogP contribution in [0.4, 0.5) is 13.2 Å². The minimum atomic E-state index is -4.10. The van der Waals surface area contributed by atoms with Gasteiger partial charge in [0.25, 0.3) is 0 Å². The highest BCUT2D eigenvalue weighted by atomic mass is 19.4.